The molecule has 35 heavy (non-hydrogen) atoms. The Kier molecular flexibility index (Phi) is 8.19. The normalized spacial score (nSPS) is 14.0. The van der Waals surface area contributed by atoms with Crippen LogP contribution in [0.5, 0.6) is 11.5 Å². The van der Waals surface area contributed by atoms with Gasteiger partial charge in [0.2, 0.25) is 5.91 Å². The highest BCUT2D eigenvalue weighted by Crippen LogP contribution is 2.29. The predicted molar refractivity (Wildman–Crippen MR) is 138 cm³/mol. The molecular formula is C28H34N4O3. The summed E-state index contributed by atoms with van der Waals surface area (Å²) in [6.45, 7) is 9.16. The van der Waals surface area contributed by atoms with Crippen LogP contribution < -0.4 is 19.7 Å². The number of carbonyl (C=O) groups excluding carboxylic acids is 1. The van der Waals surface area contributed by atoms with Crippen molar-refractivity contribution in [2.24, 2.45) is 5.92 Å². The van der Waals surface area contributed by atoms with Crippen molar-refractivity contribution >= 4 is 11.7 Å². The lowest BCUT2D eigenvalue weighted by Crippen LogP contribution is -2.40. The van der Waals surface area contributed by atoms with E-state index in [0.717, 1.165) is 54.4 Å². The fraction of sp³-hybridized carbons (Fsp3) is 0.393. The Bertz CT molecular complexity index is 1130. The average Bonchev–Trinajstić information content (AvgIpc) is 2.89. The van der Waals surface area contributed by atoms with E-state index in [1.807, 2.05) is 56.4 Å². The SMILES string of the molecule is CCOc1ccc(CNC(=O)C2CCN(c3ccnc(-c4ccc(C)cc4)n3)CC2)cc1OCC. The summed E-state index contributed by atoms with van der Waals surface area (Å²) in [5, 5.41) is 3.10. The number of amides is 1. The molecule has 1 aromatic heterocycles. The van der Waals surface area contributed by atoms with E-state index in [1.165, 1.54) is 5.56 Å². The summed E-state index contributed by atoms with van der Waals surface area (Å²) in [6, 6.07) is 16.0. The molecule has 1 amide bonds. The molecule has 0 radical (unpaired) electrons. The van der Waals surface area contributed by atoms with Crippen molar-refractivity contribution < 1.29 is 14.3 Å². The van der Waals surface area contributed by atoms with Crippen LogP contribution in [0, 0.1) is 12.8 Å². The number of rotatable bonds is 9. The molecule has 7 nitrogen and oxygen atoms in total. The second-order valence-corrected chi connectivity index (χ2v) is 8.73. The van der Waals surface area contributed by atoms with Gasteiger partial charge in [0.05, 0.1) is 13.2 Å². The number of nitrogens with zero attached hydrogens (tertiary/aromatic N) is 3. The molecule has 184 valence electrons. The van der Waals surface area contributed by atoms with Gasteiger partial charge in [-0.2, -0.15) is 0 Å². The van der Waals surface area contributed by atoms with Gasteiger partial charge in [-0.15, -0.1) is 0 Å². The summed E-state index contributed by atoms with van der Waals surface area (Å²) >= 11 is 0. The number of aryl methyl sites for hydroxylation is 1. The van der Waals surface area contributed by atoms with Crippen LogP contribution in [0.15, 0.2) is 54.7 Å². The molecule has 1 aliphatic rings. The van der Waals surface area contributed by atoms with Gasteiger partial charge in [-0.1, -0.05) is 35.9 Å². The molecule has 4 rings (SSSR count). The molecule has 0 unspecified atom stereocenters. The highest BCUT2D eigenvalue weighted by Gasteiger charge is 2.25. The predicted octanol–water partition coefficient (Wildman–Crippen LogP) is 4.78. The van der Waals surface area contributed by atoms with Crippen molar-refractivity contribution in [3.05, 3.63) is 65.9 Å². The summed E-state index contributed by atoms with van der Waals surface area (Å²) < 4.78 is 11.3. The summed E-state index contributed by atoms with van der Waals surface area (Å²) in [4.78, 5) is 24.3. The van der Waals surface area contributed by atoms with Crippen LogP contribution in [0.25, 0.3) is 11.4 Å². The van der Waals surface area contributed by atoms with E-state index in [2.05, 4.69) is 34.3 Å². The molecule has 0 saturated carbocycles. The minimum Gasteiger partial charge on any atom is -0.490 e. The number of piperidine rings is 1. The molecule has 1 aliphatic heterocycles. The lowest BCUT2D eigenvalue weighted by atomic mass is 9.96. The Morgan fingerprint density at radius 1 is 1.00 bits per heavy atom. The fourth-order valence-corrected chi connectivity index (χ4v) is 4.28. The maximum absolute atomic E-state index is 12.9. The molecule has 0 atom stereocenters. The van der Waals surface area contributed by atoms with Crippen molar-refractivity contribution in [2.45, 2.75) is 40.2 Å². The van der Waals surface area contributed by atoms with Gasteiger partial charge < -0.3 is 19.7 Å². The van der Waals surface area contributed by atoms with Crippen molar-refractivity contribution in [1.82, 2.24) is 15.3 Å². The van der Waals surface area contributed by atoms with Crippen LogP contribution >= 0.6 is 0 Å². The van der Waals surface area contributed by atoms with Crippen molar-refractivity contribution in [3.63, 3.8) is 0 Å². The van der Waals surface area contributed by atoms with Crippen LogP contribution in [-0.4, -0.2) is 42.2 Å². The van der Waals surface area contributed by atoms with E-state index in [9.17, 15) is 4.79 Å². The topological polar surface area (TPSA) is 76.6 Å². The van der Waals surface area contributed by atoms with E-state index in [-0.39, 0.29) is 11.8 Å². The Morgan fingerprint density at radius 2 is 1.71 bits per heavy atom. The molecule has 1 N–H and O–H groups in total. The van der Waals surface area contributed by atoms with E-state index >= 15 is 0 Å². The smallest absolute Gasteiger partial charge is 0.223 e. The van der Waals surface area contributed by atoms with E-state index in [1.54, 1.807) is 0 Å². The minimum atomic E-state index is -0.00119. The van der Waals surface area contributed by atoms with E-state index < -0.39 is 0 Å². The van der Waals surface area contributed by atoms with Gasteiger partial charge >= 0.3 is 0 Å². The Balaban J connectivity index is 1.31. The van der Waals surface area contributed by atoms with Gasteiger partial charge in [0.1, 0.15) is 5.82 Å². The zero-order valence-electron chi connectivity index (χ0n) is 20.8. The molecule has 1 fully saturated rings. The average molecular weight is 475 g/mol. The zero-order valence-corrected chi connectivity index (χ0v) is 20.8. The molecule has 0 bridgehead atoms. The van der Waals surface area contributed by atoms with Gasteiger partial charge in [0.15, 0.2) is 17.3 Å². The van der Waals surface area contributed by atoms with Crippen LogP contribution in [-0.2, 0) is 11.3 Å². The second kappa shape index (κ2) is 11.7. The van der Waals surface area contributed by atoms with Crippen LogP contribution in [0.2, 0.25) is 0 Å². The van der Waals surface area contributed by atoms with Gasteiger partial charge in [0, 0.05) is 37.3 Å². The number of benzene rings is 2. The Labute approximate surface area is 207 Å². The third kappa shape index (κ3) is 6.29. The molecule has 3 aromatic rings. The van der Waals surface area contributed by atoms with Crippen molar-refractivity contribution in [1.29, 1.82) is 0 Å². The number of carbonyl (C=O) groups is 1. The summed E-state index contributed by atoms with van der Waals surface area (Å²) in [5.41, 5.74) is 3.21. The van der Waals surface area contributed by atoms with Crippen molar-refractivity contribution in [3.8, 4) is 22.9 Å². The molecule has 0 aliphatic carbocycles. The molecule has 7 heteroatoms. The Hall–Kier alpha value is -3.61. The quantitative estimate of drug-likeness (QED) is 0.481. The monoisotopic (exact) mass is 474 g/mol. The summed E-state index contributed by atoms with van der Waals surface area (Å²) in [5.74, 6) is 3.17. The first-order valence-corrected chi connectivity index (χ1v) is 12.4. The largest absolute Gasteiger partial charge is 0.490 e. The lowest BCUT2D eigenvalue weighted by molar-refractivity contribution is -0.125. The second-order valence-electron chi connectivity index (χ2n) is 8.73. The number of hydrogen-bond donors (Lipinski definition) is 1. The fourth-order valence-electron chi connectivity index (χ4n) is 4.28. The van der Waals surface area contributed by atoms with E-state index in [0.29, 0.717) is 25.5 Å². The summed E-state index contributed by atoms with van der Waals surface area (Å²) in [7, 11) is 0. The van der Waals surface area contributed by atoms with E-state index in [4.69, 9.17) is 14.5 Å². The first-order valence-electron chi connectivity index (χ1n) is 12.4. The van der Waals surface area contributed by atoms with Crippen molar-refractivity contribution in [2.75, 3.05) is 31.2 Å². The zero-order chi connectivity index (χ0) is 24.6. The standard InChI is InChI=1S/C28H34N4O3/c1-4-34-24-11-8-21(18-25(24)35-5-2)19-30-28(33)23-13-16-32(17-14-23)26-12-15-29-27(31-26)22-9-6-20(3)7-10-22/h6-12,15,18,23H,4-5,13-14,16-17,19H2,1-3H3,(H,30,33). The maximum atomic E-state index is 12.9. The van der Waals surface area contributed by atoms with Crippen LogP contribution in [0.1, 0.15) is 37.8 Å². The molecule has 0 spiro atoms. The van der Waals surface area contributed by atoms with Gasteiger partial charge in [-0.05, 0) is 57.4 Å². The molecule has 2 heterocycles. The number of hydrogen-bond acceptors (Lipinski definition) is 6. The van der Waals surface area contributed by atoms with Gasteiger partial charge in [-0.3, -0.25) is 4.79 Å². The van der Waals surface area contributed by atoms with Crippen LogP contribution in [0.3, 0.4) is 0 Å². The first kappa shape index (κ1) is 24.5. The highest BCUT2D eigenvalue weighted by atomic mass is 16.5. The molecular weight excluding hydrogens is 440 g/mol. The lowest BCUT2D eigenvalue weighted by Gasteiger charge is -2.32. The highest BCUT2D eigenvalue weighted by molar-refractivity contribution is 5.79. The molecule has 1 saturated heterocycles. The third-order valence-electron chi connectivity index (χ3n) is 6.21. The number of ether oxygens (including phenoxy) is 2. The number of anilines is 1. The van der Waals surface area contributed by atoms with Gasteiger partial charge in [-0.25, -0.2) is 9.97 Å². The number of nitrogens with one attached hydrogen (secondary N) is 1. The third-order valence-corrected chi connectivity index (χ3v) is 6.21. The van der Waals surface area contributed by atoms with Gasteiger partial charge in [0.25, 0.3) is 0 Å². The number of aromatic nitrogens is 2. The minimum absolute atomic E-state index is 0.00119. The molecule has 2 aromatic carbocycles. The Morgan fingerprint density at radius 3 is 2.43 bits per heavy atom. The first-order chi connectivity index (χ1) is 17.1. The summed E-state index contributed by atoms with van der Waals surface area (Å²) in [6.07, 6.45) is 3.40. The maximum Gasteiger partial charge on any atom is 0.223 e. The van der Waals surface area contributed by atoms with Crippen LogP contribution in [0.4, 0.5) is 5.82 Å².